The number of fused-ring (bicyclic) bond motifs is 3. The average Bonchev–Trinajstić information content (AvgIpc) is 3.99. The van der Waals surface area contributed by atoms with Crippen LogP contribution >= 0.6 is 0 Å². The zero-order valence-electron chi connectivity index (χ0n) is 51.2. The molecule has 0 bridgehead atoms. The fourth-order valence-corrected chi connectivity index (χ4v) is 11.9. The second-order valence-corrected chi connectivity index (χ2v) is 28.4. The third kappa shape index (κ3) is 10.5. The molecule has 5 nitrogen and oxygen atoms in total. The van der Waals surface area contributed by atoms with Gasteiger partial charge in [0.1, 0.15) is 17.3 Å². The van der Waals surface area contributed by atoms with Crippen LogP contribution in [0.5, 0.6) is 11.5 Å². The smallest absolute Gasteiger partial charge is 0.137 e. The molecule has 7 aromatic carbocycles. The van der Waals surface area contributed by atoms with Crippen molar-refractivity contribution in [3.8, 4) is 17.3 Å². The van der Waals surface area contributed by atoms with Gasteiger partial charge in [-0.05, 0) is 127 Å². The van der Waals surface area contributed by atoms with E-state index in [2.05, 4.69) is 315 Å². The first kappa shape index (κ1) is 55.9. The summed E-state index contributed by atoms with van der Waals surface area (Å²) < 4.78 is 9.66. The van der Waals surface area contributed by atoms with Crippen molar-refractivity contribution >= 4 is 33.2 Å². The third-order valence-electron chi connectivity index (χ3n) is 17.3. The number of rotatable bonds is 11. The van der Waals surface area contributed by atoms with Crippen LogP contribution in [0.15, 0.2) is 194 Å². The van der Waals surface area contributed by atoms with Gasteiger partial charge in [0.2, 0.25) is 0 Å². The topological polar surface area (TPSA) is 33.5 Å². The predicted molar refractivity (Wildman–Crippen MR) is 341 cm³/mol. The van der Waals surface area contributed by atoms with Crippen molar-refractivity contribution in [3.63, 3.8) is 0 Å². The number of benzene rings is 7. The van der Waals surface area contributed by atoms with E-state index in [9.17, 15) is 0 Å². The number of aromatic nitrogens is 2. The molecule has 2 aromatic heterocycles. The molecule has 0 atom stereocenters. The molecule has 0 aliphatic carbocycles. The number of pyridine rings is 1. The Morgan fingerprint density at radius 3 is 1.29 bits per heavy atom. The van der Waals surface area contributed by atoms with Crippen molar-refractivity contribution in [1.29, 1.82) is 0 Å². The second-order valence-electron chi connectivity index (χ2n) is 28.4. The van der Waals surface area contributed by atoms with E-state index in [4.69, 9.17) is 9.72 Å². The van der Waals surface area contributed by atoms with Crippen molar-refractivity contribution in [3.05, 3.63) is 238 Å². The van der Waals surface area contributed by atoms with Gasteiger partial charge in [-0.25, -0.2) is 4.98 Å². The first-order chi connectivity index (χ1) is 37.4. The summed E-state index contributed by atoms with van der Waals surface area (Å²) in [5.74, 6) is 2.43. The molecule has 3 heterocycles. The van der Waals surface area contributed by atoms with Crippen LogP contribution in [0.25, 0.3) is 27.6 Å². The maximum Gasteiger partial charge on any atom is 0.137 e. The van der Waals surface area contributed by atoms with Crippen molar-refractivity contribution < 1.29 is 4.74 Å². The lowest BCUT2D eigenvalue weighted by molar-refractivity contribution is 0.479. The molecule has 0 saturated heterocycles. The molecule has 0 unspecified atom stereocenters. The van der Waals surface area contributed by atoms with Gasteiger partial charge < -0.3 is 14.5 Å². The maximum absolute atomic E-state index is 7.32. The van der Waals surface area contributed by atoms with Crippen molar-refractivity contribution in [2.75, 3.05) is 16.5 Å². The molecular weight excluding hydrogens is 973 g/mol. The van der Waals surface area contributed by atoms with Gasteiger partial charge in [0, 0.05) is 56.7 Å². The van der Waals surface area contributed by atoms with Crippen LogP contribution in [0.2, 0.25) is 0 Å². The summed E-state index contributed by atoms with van der Waals surface area (Å²) in [7, 11) is 0. The van der Waals surface area contributed by atoms with Crippen LogP contribution in [0, 0.1) is 0 Å². The molecule has 80 heavy (non-hydrogen) atoms. The summed E-state index contributed by atoms with van der Waals surface area (Å²) in [5.41, 5.74) is 15.6. The Labute approximate surface area is 479 Å². The Hall–Kier alpha value is -7.37. The van der Waals surface area contributed by atoms with Crippen LogP contribution in [-0.4, -0.2) is 16.2 Å². The van der Waals surface area contributed by atoms with E-state index in [1.54, 1.807) is 0 Å². The summed E-state index contributed by atoms with van der Waals surface area (Å²) in [6.45, 7) is 42.7. The highest BCUT2D eigenvalue weighted by atomic mass is 16.5. The molecule has 10 rings (SSSR count). The molecule has 0 spiro atoms. The molecule has 1 aliphatic rings. The van der Waals surface area contributed by atoms with E-state index >= 15 is 0 Å². The van der Waals surface area contributed by atoms with Gasteiger partial charge in [0.05, 0.1) is 29.1 Å². The summed E-state index contributed by atoms with van der Waals surface area (Å²) in [6.07, 6.45) is 1.97. The quantitative estimate of drug-likeness (QED) is 0.129. The van der Waals surface area contributed by atoms with E-state index < -0.39 is 10.8 Å². The predicted octanol–water partition coefficient (Wildman–Crippen LogP) is 19.9. The van der Waals surface area contributed by atoms with Gasteiger partial charge in [-0.3, -0.25) is 4.57 Å². The number of allylic oxidation sites excluding steroid dienone is 2. The zero-order chi connectivity index (χ0) is 57.5. The lowest BCUT2D eigenvalue weighted by Gasteiger charge is -2.39. The Balaban J connectivity index is 1.18. The number of anilines is 2. The van der Waals surface area contributed by atoms with Crippen LogP contribution in [0.4, 0.5) is 11.4 Å². The first-order valence-electron chi connectivity index (χ1n) is 29.0. The monoisotopic (exact) mass is 1060 g/mol. The maximum atomic E-state index is 7.32. The highest BCUT2D eigenvalue weighted by molar-refractivity contribution is 6.10. The SMILES string of the molecule is CC(C)(C)c1cc(Oc2ccc3c4cc(C(C)(C)C)ccc4n(-c4cc(C(C)(C)c5ccccc5)ccn4)c3c2)cc(N2CN(c3cc(C(C)(C)C)cc(C(C)(C)C)c3)C(C(C)(C)c3ccccc3)=C2C(C)(C)c2ccccc2)c1. The van der Waals surface area contributed by atoms with E-state index in [0.717, 1.165) is 39.4 Å². The summed E-state index contributed by atoms with van der Waals surface area (Å²) in [4.78, 5) is 10.4. The van der Waals surface area contributed by atoms with Crippen molar-refractivity contribution in [2.45, 2.75) is 163 Å². The van der Waals surface area contributed by atoms with Crippen molar-refractivity contribution in [1.82, 2.24) is 9.55 Å². The number of nitrogens with zero attached hydrogens (tertiary/aromatic N) is 4. The lowest BCUT2D eigenvalue weighted by atomic mass is 9.73. The Bertz CT molecular complexity index is 3740. The van der Waals surface area contributed by atoms with Gasteiger partial charge in [0.15, 0.2) is 0 Å². The van der Waals surface area contributed by atoms with E-state index in [-0.39, 0.29) is 27.1 Å². The summed E-state index contributed by atoms with van der Waals surface area (Å²) in [6, 6.07) is 65.3. The standard InChI is InChI=1S/C75H86N4O/c1-69(2,3)53-34-37-64-63(45-53)62-36-35-60(48-65(62)79(64)66-46-54(38-39-76-66)73(13,14)50-28-22-19-23-29-50)80-61-44-57(72(10,11)12)43-59(47-61)78-49-77(58-41-55(70(4,5)6)40-56(42-58)71(7,8)9)67(74(15,16)51-30-24-20-25-31-51)68(78)75(17,18)52-32-26-21-27-33-52/h19-48H,49H2,1-18H3. The molecule has 0 radical (unpaired) electrons. The minimum atomic E-state index is -0.447. The van der Waals surface area contributed by atoms with Crippen LogP contribution < -0.4 is 14.5 Å². The summed E-state index contributed by atoms with van der Waals surface area (Å²) in [5, 5.41) is 2.35. The van der Waals surface area contributed by atoms with Crippen LogP contribution in [0.1, 0.15) is 169 Å². The Kier molecular flexibility index (Phi) is 14.0. The summed E-state index contributed by atoms with van der Waals surface area (Å²) >= 11 is 0. The number of ether oxygens (including phenoxy) is 1. The number of hydrogen-bond donors (Lipinski definition) is 0. The molecule has 9 aromatic rings. The molecule has 0 saturated carbocycles. The molecule has 1 aliphatic heterocycles. The lowest BCUT2D eigenvalue weighted by Crippen LogP contribution is -2.35. The average molecular weight is 1060 g/mol. The fourth-order valence-electron chi connectivity index (χ4n) is 11.9. The largest absolute Gasteiger partial charge is 0.457 e. The molecular formula is C75H86N4O. The minimum Gasteiger partial charge on any atom is -0.457 e. The van der Waals surface area contributed by atoms with Gasteiger partial charge in [-0.1, -0.05) is 228 Å². The highest BCUT2D eigenvalue weighted by Gasteiger charge is 2.47. The normalized spacial score (nSPS) is 14.2. The van der Waals surface area contributed by atoms with Crippen molar-refractivity contribution in [2.24, 2.45) is 0 Å². The van der Waals surface area contributed by atoms with E-state index in [1.807, 2.05) is 6.20 Å². The second kappa shape index (κ2) is 20.0. The van der Waals surface area contributed by atoms with Gasteiger partial charge >= 0.3 is 0 Å². The minimum absolute atomic E-state index is 0.0268. The fraction of sp³-hybridized carbons (Fsp3) is 0.347. The Morgan fingerprint density at radius 2 is 0.800 bits per heavy atom. The van der Waals surface area contributed by atoms with Crippen LogP contribution in [-0.2, 0) is 37.9 Å². The van der Waals surface area contributed by atoms with E-state index in [0.29, 0.717) is 6.67 Å². The third-order valence-corrected chi connectivity index (χ3v) is 17.3. The van der Waals surface area contributed by atoms with E-state index in [1.165, 1.54) is 67.0 Å². The zero-order valence-corrected chi connectivity index (χ0v) is 51.2. The van der Waals surface area contributed by atoms with Crippen LogP contribution in [0.3, 0.4) is 0 Å². The molecule has 5 heteroatoms. The molecule has 0 amide bonds. The van der Waals surface area contributed by atoms with Gasteiger partial charge in [0.25, 0.3) is 0 Å². The van der Waals surface area contributed by atoms with Gasteiger partial charge in [-0.15, -0.1) is 0 Å². The highest BCUT2D eigenvalue weighted by Crippen LogP contribution is 2.52. The Morgan fingerprint density at radius 1 is 0.338 bits per heavy atom. The molecule has 412 valence electrons. The first-order valence-corrected chi connectivity index (χ1v) is 29.0. The molecule has 0 N–H and O–H groups in total. The molecule has 0 fully saturated rings. The number of hydrogen-bond acceptors (Lipinski definition) is 4. The van der Waals surface area contributed by atoms with Gasteiger partial charge in [-0.2, -0.15) is 0 Å².